The third kappa shape index (κ3) is 2.48. The van der Waals surface area contributed by atoms with E-state index >= 15 is 0 Å². The van der Waals surface area contributed by atoms with Crippen LogP contribution in [0.15, 0.2) is 23.6 Å². The minimum Gasteiger partial charge on any atom is -0.497 e. The first-order valence-electron chi connectivity index (χ1n) is 5.48. The Morgan fingerprint density at radius 1 is 1.41 bits per heavy atom. The van der Waals surface area contributed by atoms with E-state index in [1.165, 1.54) is 0 Å². The van der Waals surface area contributed by atoms with Crippen LogP contribution in [-0.2, 0) is 0 Å². The summed E-state index contributed by atoms with van der Waals surface area (Å²) in [5, 5.41) is 3.02. The molecule has 3 nitrogen and oxygen atoms in total. The third-order valence-corrected chi connectivity index (χ3v) is 3.67. The Balaban J connectivity index is 2.38. The van der Waals surface area contributed by atoms with E-state index in [0.717, 1.165) is 27.6 Å². The topological polar surface area (TPSA) is 48.1 Å². The summed E-state index contributed by atoms with van der Waals surface area (Å²) in [5.74, 6) is 0.869. The van der Waals surface area contributed by atoms with Crippen molar-refractivity contribution in [3.8, 4) is 17.0 Å². The molecule has 1 atom stereocenters. The second-order valence-electron chi connectivity index (χ2n) is 4.04. The molecule has 0 radical (unpaired) electrons. The molecule has 0 aliphatic heterocycles. The molecule has 0 fully saturated rings. The van der Waals surface area contributed by atoms with E-state index in [2.05, 4.69) is 11.9 Å². The summed E-state index contributed by atoms with van der Waals surface area (Å²) in [5.41, 5.74) is 9.10. The molecular weight excluding hydrogens is 232 g/mol. The molecule has 1 aromatic heterocycles. The fourth-order valence-corrected chi connectivity index (χ4v) is 2.45. The van der Waals surface area contributed by atoms with Crippen LogP contribution in [0.3, 0.4) is 0 Å². The van der Waals surface area contributed by atoms with Gasteiger partial charge in [0.25, 0.3) is 0 Å². The average molecular weight is 248 g/mol. The van der Waals surface area contributed by atoms with Gasteiger partial charge in [0.2, 0.25) is 0 Å². The van der Waals surface area contributed by atoms with Gasteiger partial charge in [0.15, 0.2) is 0 Å². The largest absolute Gasteiger partial charge is 0.497 e. The SMILES string of the molecule is COc1ccc(-c2csc(C(C)N)n2)c(C)c1. The highest BCUT2D eigenvalue weighted by molar-refractivity contribution is 7.10. The lowest BCUT2D eigenvalue weighted by Crippen LogP contribution is -2.03. The van der Waals surface area contributed by atoms with Crippen LogP contribution in [0.5, 0.6) is 5.75 Å². The second-order valence-corrected chi connectivity index (χ2v) is 4.93. The Bertz CT molecular complexity index is 520. The van der Waals surface area contributed by atoms with Gasteiger partial charge in [0, 0.05) is 10.9 Å². The van der Waals surface area contributed by atoms with Gasteiger partial charge in [-0.15, -0.1) is 11.3 Å². The van der Waals surface area contributed by atoms with Crippen LogP contribution in [-0.4, -0.2) is 12.1 Å². The van der Waals surface area contributed by atoms with Crippen molar-refractivity contribution in [3.05, 3.63) is 34.2 Å². The number of ether oxygens (including phenoxy) is 1. The molecule has 0 aliphatic rings. The maximum atomic E-state index is 5.82. The van der Waals surface area contributed by atoms with E-state index in [-0.39, 0.29) is 6.04 Å². The predicted octanol–water partition coefficient (Wildman–Crippen LogP) is 3.15. The molecule has 1 unspecified atom stereocenters. The van der Waals surface area contributed by atoms with Gasteiger partial charge < -0.3 is 10.5 Å². The molecule has 2 aromatic rings. The number of nitrogens with two attached hydrogens (primary N) is 1. The van der Waals surface area contributed by atoms with Gasteiger partial charge in [0.05, 0.1) is 18.8 Å². The summed E-state index contributed by atoms with van der Waals surface area (Å²) >= 11 is 1.60. The molecule has 0 bridgehead atoms. The van der Waals surface area contributed by atoms with Gasteiger partial charge in [0.1, 0.15) is 10.8 Å². The normalized spacial score (nSPS) is 12.5. The first-order chi connectivity index (χ1) is 8.11. The fourth-order valence-electron chi connectivity index (χ4n) is 1.67. The van der Waals surface area contributed by atoms with Crippen molar-refractivity contribution in [1.82, 2.24) is 4.98 Å². The van der Waals surface area contributed by atoms with Crippen molar-refractivity contribution in [2.45, 2.75) is 19.9 Å². The van der Waals surface area contributed by atoms with Crippen LogP contribution in [0, 0.1) is 6.92 Å². The number of hydrogen-bond donors (Lipinski definition) is 1. The van der Waals surface area contributed by atoms with Crippen LogP contribution in [0.2, 0.25) is 0 Å². The van der Waals surface area contributed by atoms with Crippen LogP contribution < -0.4 is 10.5 Å². The smallest absolute Gasteiger partial charge is 0.119 e. The summed E-state index contributed by atoms with van der Waals surface area (Å²) < 4.78 is 5.19. The van der Waals surface area contributed by atoms with Crippen molar-refractivity contribution in [3.63, 3.8) is 0 Å². The molecular formula is C13H16N2OS. The quantitative estimate of drug-likeness (QED) is 0.907. The maximum absolute atomic E-state index is 5.82. The van der Waals surface area contributed by atoms with Gasteiger partial charge in [-0.2, -0.15) is 0 Å². The van der Waals surface area contributed by atoms with Crippen LogP contribution in [0.1, 0.15) is 23.5 Å². The zero-order valence-electron chi connectivity index (χ0n) is 10.2. The Morgan fingerprint density at radius 3 is 2.71 bits per heavy atom. The van der Waals surface area contributed by atoms with Crippen molar-refractivity contribution in [1.29, 1.82) is 0 Å². The minimum atomic E-state index is -0.00713. The molecule has 90 valence electrons. The van der Waals surface area contributed by atoms with Gasteiger partial charge in [-0.3, -0.25) is 0 Å². The fraction of sp³-hybridized carbons (Fsp3) is 0.308. The number of aryl methyl sites for hydroxylation is 1. The first-order valence-corrected chi connectivity index (χ1v) is 6.36. The van der Waals surface area contributed by atoms with E-state index in [9.17, 15) is 0 Å². The number of aromatic nitrogens is 1. The zero-order valence-corrected chi connectivity index (χ0v) is 11.0. The lowest BCUT2D eigenvalue weighted by molar-refractivity contribution is 0.414. The van der Waals surface area contributed by atoms with E-state index in [0.29, 0.717) is 0 Å². The number of nitrogens with zero attached hydrogens (tertiary/aromatic N) is 1. The Morgan fingerprint density at radius 2 is 2.18 bits per heavy atom. The van der Waals surface area contributed by atoms with Crippen molar-refractivity contribution < 1.29 is 4.74 Å². The molecule has 2 rings (SSSR count). The lowest BCUT2D eigenvalue weighted by Gasteiger charge is -2.05. The first kappa shape index (κ1) is 12.1. The predicted molar refractivity (Wildman–Crippen MR) is 71.4 cm³/mol. The molecule has 0 saturated heterocycles. The number of methoxy groups -OCH3 is 1. The van der Waals surface area contributed by atoms with Gasteiger partial charge >= 0.3 is 0 Å². The molecule has 0 saturated carbocycles. The molecule has 0 spiro atoms. The van der Waals surface area contributed by atoms with E-state index < -0.39 is 0 Å². The maximum Gasteiger partial charge on any atom is 0.119 e. The average Bonchev–Trinajstić information content (AvgIpc) is 2.78. The minimum absolute atomic E-state index is 0.00713. The molecule has 2 N–H and O–H groups in total. The summed E-state index contributed by atoms with van der Waals surface area (Å²) in [6.45, 7) is 4.01. The molecule has 1 heterocycles. The van der Waals surface area contributed by atoms with E-state index in [4.69, 9.17) is 10.5 Å². The second kappa shape index (κ2) is 4.85. The Kier molecular flexibility index (Phi) is 3.45. The third-order valence-electron chi connectivity index (χ3n) is 2.62. The summed E-state index contributed by atoms with van der Waals surface area (Å²) in [6.07, 6.45) is 0. The lowest BCUT2D eigenvalue weighted by atomic mass is 10.1. The Labute approximate surface area is 105 Å². The number of rotatable bonds is 3. The molecule has 4 heteroatoms. The molecule has 0 amide bonds. The van der Waals surface area contributed by atoms with Crippen LogP contribution >= 0.6 is 11.3 Å². The highest BCUT2D eigenvalue weighted by Gasteiger charge is 2.10. The van der Waals surface area contributed by atoms with Crippen LogP contribution in [0.25, 0.3) is 11.3 Å². The zero-order chi connectivity index (χ0) is 12.4. The highest BCUT2D eigenvalue weighted by Crippen LogP contribution is 2.29. The van der Waals surface area contributed by atoms with Gasteiger partial charge in [-0.05, 0) is 37.6 Å². The molecule has 1 aromatic carbocycles. The Hall–Kier alpha value is -1.39. The van der Waals surface area contributed by atoms with E-state index in [1.54, 1.807) is 18.4 Å². The molecule has 0 aliphatic carbocycles. The summed E-state index contributed by atoms with van der Waals surface area (Å²) in [7, 11) is 1.67. The van der Waals surface area contributed by atoms with Crippen LogP contribution in [0.4, 0.5) is 0 Å². The number of hydrogen-bond acceptors (Lipinski definition) is 4. The monoisotopic (exact) mass is 248 g/mol. The summed E-state index contributed by atoms with van der Waals surface area (Å²) in [4.78, 5) is 4.55. The van der Waals surface area contributed by atoms with Gasteiger partial charge in [-0.25, -0.2) is 4.98 Å². The van der Waals surface area contributed by atoms with Crippen molar-refractivity contribution in [2.24, 2.45) is 5.73 Å². The molecule has 17 heavy (non-hydrogen) atoms. The highest BCUT2D eigenvalue weighted by atomic mass is 32.1. The van der Waals surface area contributed by atoms with Gasteiger partial charge in [-0.1, -0.05) is 0 Å². The van der Waals surface area contributed by atoms with Crippen molar-refractivity contribution in [2.75, 3.05) is 7.11 Å². The number of thiazole rings is 1. The van der Waals surface area contributed by atoms with Crippen molar-refractivity contribution >= 4 is 11.3 Å². The summed E-state index contributed by atoms with van der Waals surface area (Å²) in [6, 6.07) is 5.99. The number of benzene rings is 1. The van der Waals surface area contributed by atoms with E-state index in [1.807, 2.05) is 30.5 Å². The standard InChI is InChI=1S/C13H16N2OS/c1-8-6-10(16-3)4-5-11(8)12-7-17-13(15-12)9(2)14/h4-7,9H,14H2,1-3H3.